The fourth-order valence-electron chi connectivity index (χ4n) is 1.31. The van der Waals surface area contributed by atoms with E-state index in [1.807, 2.05) is 0 Å². The number of carbonyl (C=O) groups is 1. The van der Waals surface area contributed by atoms with Crippen molar-refractivity contribution in [2.24, 2.45) is 5.18 Å². The zero-order valence-corrected chi connectivity index (χ0v) is 9.26. The van der Waals surface area contributed by atoms with Gasteiger partial charge in [0, 0.05) is 13.0 Å². The number of esters is 1. The van der Waals surface area contributed by atoms with Gasteiger partial charge in [-0.15, -0.1) is 4.91 Å². The van der Waals surface area contributed by atoms with Crippen molar-refractivity contribution >= 4 is 11.8 Å². The first-order valence-corrected chi connectivity index (χ1v) is 5.27. The lowest BCUT2D eigenvalue weighted by Gasteiger charge is -2.02. The van der Waals surface area contributed by atoms with Gasteiger partial charge in [0.2, 0.25) is 5.82 Å². The van der Waals surface area contributed by atoms with E-state index in [1.54, 1.807) is 24.0 Å². The van der Waals surface area contributed by atoms with E-state index in [9.17, 15) is 9.70 Å². The minimum Gasteiger partial charge on any atom is -0.466 e. The van der Waals surface area contributed by atoms with E-state index >= 15 is 0 Å². The van der Waals surface area contributed by atoms with Crippen molar-refractivity contribution in [3.05, 3.63) is 17.4 Å². The molecule has 0 amide bonds. The van der Waals surface area contributed by atoms with Crippen molar-refractivity contribution < 1.29 is 9.53 Å². The molecule has 0 radical (unpaired) electrons. The minimum atomic E-state index is -0.164. The molecule has 1 rings (SSSR count). The summed E-state index contributed by atoms with van der Waals surface area (Å²) in [5.74, 6) is 0.0220. The Hall–Kier alpha value is -1.72. The molecule has 0 fully saturated rings. The van der Waals surface area contributed by atoms with E-state index < -0.39 is 0 Å². The molecule has 0 aliphatic rings. The van der Waals surface area contributed by atoms with E-state index in [0.29, 0.717) is 13.0 Å². The molecule has 0 N–H and O–H groups in total. The minimum absolute atomic E-state index is 0.164. The molecule has 1 heterocycles. The molecule has 0 saturated heterocycles. The number of aryl methyl sites for hydroxylation is 1. The maximum Gasteiger partial charge on any atom is 0.305 e. The molecule has 16 heavy (non-hydrogen) atoms. The van der Waals surface area contributed by atoms with Gasteiger partial charge >= 0.3 is 5.97 Å². The summed E-state index contributed by atoms with van der Waals surface area (Å²) in [5, 5.41) is 2.72. The zero-order chi connectivity index (χ0) is 11.8. The number of unbranched alkanes of at least 4 members (excludes halogenated alkanes) is 1. The molecule has 0 atom stereocenters. The number of imidazole rings is 1. The average molecular weight is 225 g/mol. The highest BCUT2D eigenvalue weighted by molar-refractivity contribution is 5.69. The van der Waals surface area contributed by atoms with Crippen molar-refractivity contribution in [1.82, 2.24) is 9.55 Å². The van der Waals surface area contributed by atoms with Gasteiger partial charge in [0.1, 0.15) is 0 Å². The van der Waals surface area contributed by atoms with Gasteiger partial charge in [-0.1, -0.05) is 0 Å². The number of rotatable bonds is 7. The summed E-state index contributed by atoms with van der Waals surface area (Å²) >= 11 is 0. The van der Waals surface area contributed by atoms with Crippen molar-refractivity contribution in [2.75, 3.05) is 6.61 Å². The van der Waals surface area contributed by atoms with Gasteiger partial charge in [0.15, 0.2) is 0 Å². The number of hydrogen-bond donors (Lipinski definition) is 0. The van der Waals surface area contributed by atoms with Crippen LogP contribution < -0.4 is 0 Å². The van der Waals surface area contributed by atoms with Crippen LogP contribution in [0.2, 0.25) is 0 Å². The lowest BCUT2D eigenvalue weighted by Crippen LogP contribution is -2.04. The molecule has 1 aromatic rings. The van der Waals surface area contributed by atoms with E-state index in [-0.39, 0.29) is 11.8 Å². The van der Waals surface area contributed by atoms with Crippen LogP contribution in [-0.4, -0.2) is 22.1 Å². The molecule has 0 spiro atoms. The Balaban J connectivity index is 2.15. The van der Waals surface area contributed by atoms with Crippen LogP contribution in [0.5, 0.6) is 0 Å². The van der Waals surface area contributed by atoms with Crippen molar-refractivity contribution in [3.8, 4) is 0 Å². The Labute approximate surface area is 93.6 Å². The first-order valence-electron chi connectivity index (χ1n) is 5.27. The summed E-state index contributed by atoms with van der Waals surface area (Å²) in [6, 6.07) is 0. The molecule has 88 valence electrons. The second-order valence-corrected chi connectivity index (χ2v) is 3.32. The second kappa shape index (κ2) is 6.71. The quantitative estimate of drug-likeness (QED) is 0.404. The van der Waals surface area contributed by atoms with Gasteiger partial charge < -0.3 is 9.30 Å². The molecule has 0 aromatic carbocycles. The molecule has 1 aromatic heterocycles. The highest BCUT2D eigenvalue weighted by Gasteiger charge is 2.02. The van der Waals surface area contributed by atoms with Crippen LogP contribution in [0.15, 0.2) is 17.7 Å². The van der Waals surface area contributed by atoms with Crippen LogP contribution in [0.4, 0.5) is 5.82 Å². The Morgan fingerprint density at radius 1 is 1.56 bits per heavy atom. The number of ether oxygens (including phenoxy) is 1. The molecule has 6 heteroatoms. The lowest BCUT2D eigenvalue weighted by atomic mass is 10.2. The molecule has 0 saturated carbocycles. The number of nitroso groups, excluding NO2 is 1. The average Bonchev–Trinajstić information content (AvgIpc) is 2.73. The summed E-state index contributed by atoms with van der Waals surface area (Å²) in [5.41, 5.74) is 0. The molecular formula is C10H15N3O3. The number of carbonyl (C=O) groups excluding carboxylic acids is 1. The summed E-state index contributed by atoms with van der Waals surface area (Å²) in [6.45, 7) is 2.94. The molecule has 0 unspecified atom stereocenters. The van der Waals surface area contributed by atoms with Gasteiger partial charge in [-0.05, 0) is 24.9 Å². The highest BCUT2D eigenvalue weighted by Crippen LogP contribution is 2.07. The van der Waals surface area contributed by atoms with Gasteiger partial charge in [0.25, 0.3) is 0 Å². The van der Waals surface area contributed by atoms with Gasteiger partial charge in [-0.2, -0.15) is 0 Å². The van der Waals surface area contributed by atoms with E-state index in [1.165, 1.54) is 0 Å². The van der Waals surface area contributed by atoms with Crippen molar-refractivity contribution in [2.45, 2.75) is 32.7 Å². The number of nitrogens with zero attached hydrogens (tertiary/aromatic N) is 3. The smallest absolute Gasteiger partial charge is 0.305 e. The number of aromatic nitrogens is 2. The molecule has 0 aliphatic heterocycles. The number of hydrogen-bond acceptors (Lipinski definition) is 5. The predicted octanol–water partition coefficient (Wildman–Crippen LogP) is 2.01. The Bertz CT molecular complexity index is 349. The van der Waals surface area contributed by atoms with Gasteiger partial charge in [-0.25, -0.2) is 4.98 Å². The van der Waals surface area contributed by atoms with E-state index in [0.717, 1.165) is 19.4 Å². The first kappa shape index (κ1) is 12.4. The topological polar surface area (TPSA) is 73.6 Å². The van der Waals surface area contributed by atoms with Crippen LogP contribution in [-0.2, 0) is 16.1 Å². The van der Waals surface area contributed by atoms with Gasteiger partial charge in [-0.3, -0.25) is 4.79 Å². The molecule has 0 aliphatic carbocycles. The maximum atomic E-state index is 11.0. The molecule has 0 bridgehead atoms. The normalized spacial score (nSPS) is 10.1. The summed E-state index contributed by atoms with van der Waals surface area (Å²) in [4.78, 5) is 24.9. The molecular weight excluding hydrogens is 210 g/mol. The summed E-state index contributed by atoms with van der Waals surface area (Å²) < 4.78 is 6.58. The SMILES string of the molecule is CCOC(=O)CCCCn1cnc(N=O)c1. The zero-order valence-electron chi connectivity index (χ0n) is 9.26. The second-order valence-electron chi connectivity index (χ2n) is 3.32. The van der Waals surface area contributed by atoms with E-state index in [2.05, 4.69) is 10.2 Å². The van der Waals surface area contributed by atoms with Crippen molar-refractivity contribution in [3.63, 3.8) is 0 Å². The maximum absolute atomic E-state index is 11.0. The first-order chi connectivity index (χ1) is 7.76. The monoisotopic (exact) mass is 225 g/mol. The van der Waals surface area contributed by atoms with Crippen LogP contribution in [0.25, 0.3) is 0 Å². The van der Waals surface area contributed by atoms with Crippen LogP contribution >= 0.6 is 0 Å². The summed E-state index contributed by atoms with van der Waals surface area (Å²) in [7, 11) is 0. The molecule has 6 nitrogen and oxygen atoms in total. The Kier molecular flexibility index (Phi) is 5.18. The largest absolute Gasteiger partial charge is 0.466 e. The van der Waals surface area contributed by atoms with E-state index in [4.69, 9.17) is 4.74 Å². The fraction of sp³-hybridized carbons (Fsp3) is 0.600. The Morgan fingerprint density at radius 3 is 3.00 bits per heavy atom. The predicted molar refractivity (Wildman–Crippen MR) is 58.2 cm³/mol. The Morgan fingerprint density at radius 2 is 2.38 bits per heavy atom. The van der Waals surface area contributed by atoms with Gasteiger partial charge in [0.05, 0.1) is 19.1 Å². The third kappa shape index (κ3) is 4.20. The fourth-order valence-corrected chi connectivity index (χ4v) is 1.31. The van der Waals surface area contributed by atoms with Crippen LogP contribution in [0.1, 0.15) is 26.2 Å². The van der Waals surface area contributed by atoms with Crippen LogP contribution in [0.3, 0.4) is 0 Å². The third-order valence-electron chi connectivity index (χ3n) is 2.07. The van der Waals surface area contributed by atoms with Crippen molar-refractivity contribution in [1.29, 1.82) is 0 Å². The summed E-state index contributed by atoms with van der Waals surface area (Å²) in [6.07, 6.45) is 5.17. The highest BCUT2D eigenvalue weighted by atomic mass is 16.5. The standard InChI is InChI=1S/C10H15N3O3/c1-2-16-10(14)5-3-4-6-13-7-9(12-15)11-8-13/h7-8H,2-6H2,1H3. The lowest BCUT2D eigenvalue weighted by molar-refractivity contribution is -0.143. The van der Waals surface area contributed by atoms with Crippen LogP contribution in [0, 0.1) is 4.91 Å². The third-order valence-corrected chi connectivity index (χ3v) is 2.07.